The number of carbonyl (C=O) groups is 3. The van der Waals surface area contributed by atoms with Crippen LogP contribution in [0.15, 0.2) is 25.5 Å². The van der Waals surface area contributed by atoms with E-state index in [2.05, 4.69) is 22.6 Å². The molecule has 0 aromatic heterocycles. The topological polar surface area (TPSA) is 110 Å². The molecular weight excluding hydrogens is 244 g/mol. The van der Waals surface area contributed by atoms with E-state index in [0.29, 0.717) is 0 Å². The predicted octanol–water partition coefficient (Wildman–Crippen LogP) is -0.00180. The number of carbonyl (C=O) groups excluding carboxylic acids is 2. The molecule has 2 N–H and O–H groups in total. The van der Waals surface area contributed by atoms with Gasteiger partial charge in [-0.15, -0.1) is 0 Å². The fraction of sp³-hybridized carbons (Fsp3) is 0.364. The second-order valence-electron chi connectivity index (χ2n) is 3.32. The summed E-state index contributed by atoms with van der Waals surface area (Å²) in [6.07, 6.45) is 0.310. The van der Waals surface area contributed by atoms with Gasteiger partial charge in [0.15, 0.2) is 5.60 Å². The molecule has 0 amide bonds. The summed E-state index contributed by atoms with van der Waals surface area (Å²) in [4.78, 5) is 33.1. The Hall–Kier alpha value is -2.15. The fourth-order valence-electron chi connectivity index (χ4n) is 1.03. The Morgan fingerprint density at radius 2 is 1.72 bits per heavy atom. The molecule has 0 aliphatic heterocycles. The first-order chi connectivity index (χ1) is 8.35. The molecule has 0 aliphatic rings. The zero-order valence-corrected chi connectivity index (χ0v) is 9.63. The zero-order chi connectivity index (χ0) is 14.2. The third-order valence-electron chi connectivity index (χ3n) is 1.85. The van der Waals surface area contributed by atoms with Crippen LogP contribution in [0.25, 0.3) is 0 Å². The number of hydrogen-bond acceptors (Lipinski definition) is 6. The van der Waals surface area contributed by atoms with Crippen LogP contribution in [0.1, 0.15) is 12.8 Å². The molecule has 0 heterocycles. The smallest absolute Gasteiger partial charge is 0.336 e. The number of ether oxygens (including phenoxy) is 2. The van der Waals surface area contributed by atoms with Gasteiger partial charge in [-0.1, -0.05) is 19.2 Å². The standard InChI is InChI=1S/C11H14O7/c1-3-5-18-9(13)7-11(16,10(14)15)6-8(12)17-4-2/h3-4,16H,1-2,5-7H2,(H,14,15). The van der Waals surface area contributed by atoms with Gasteiger partial charge in [0.1, 0.15) is 6.61 Å². The van der Waals surface area contributed by atoms with Gasteiger partial charge in [0.25, 0.3) is 0 Å². The Morgan fingerprint density at radius 3 is 2.17 bits per heavy atom. The van der Waals surface area contributed by atoms with Crippen LogP contribution in [0.3, 0.4) is 0 Å². The predicted molar refractivity (Wildman–Crippen MR) is 59.3 cm³/mol. The number of carboxylic acid groups (broad SMARTS) is 1. The average molecular weight is 258 g/mol. The largest absolute Gasteiger partial charge is 0.479 e. The van der Waals surface area contributed by atoms with Gasteiger partial charge in [0, 0.05) is 0 Å². The molecule has 0 saturated heterocycles. The molecule has 7 heteroatoms. The Labute approximate surface area is 103 Å². The van der Waals surface area contributed by atoms with Gasteiger partial charge < -0.3 is 19.7 Å². The first-order valence-electron chi connectivity index (χ1n) is 4.88. The van der Waals surface area contributed by atoms with Crippen molar-refractivity contribution in [3.63, 3.8) is 0 Å². The van der Waals surface area contributed by atoms with Crippen LogP contribution < -0.4 is 0 Å². The third kappa shape index (κ3) is 5.26. The van der Waals surface area contributed by atoms with Crippen molar-refractivity contribution in [2.24, 2.45) is 0 Å². The van der Waals surface area contributed by atoms with Crippen molar-refractivity contribution < 1.29 is 34.1 Å². The molecule has 0 radical (unpaired) electrons. The van der Waals surface area contributed by atoms with E-state index in [9.17, 15) is 19.5 Å². The van der Waals surface area contributed by atoms with Crippen LogP contribution in [-0.4, -0.2) is 40.3 Å². The number of aliphatic carboxylic acids is 1. The quantitative estimate of drug-likeness (QED) is 0.358. The van der Waals surface area contributed by atoms with Gasteiger partial charge >= 0.3 is 17.9 Å². The zero-order valence-electron chi connectivity index (χ0n) is 9.63. The summed E-state index contributed by atoms with van der Waals surface area (Å²) < 4.78 is 8.81. The molecule has 0 spiro atoms. The van der Waals surface area contributed by atoms with Crippen molar-refractivity contribution >= 4 is 17.9 Å². The van der Waals surface area contributed by atoms with Crippen LogP contribution in [0, 0.1) is 0 Å². The minimum absolute atomic E-state index is 0.119. The van der Waals surface area contributed by atoms with Gasteiger partial charge in [-0.05, 0) is 0 Å². The van der Waals surface area contributed by atoms with E-state index in [4.69, 9.17) is 5.11 Å². The first-order valence-corrected chi connectivity index (χ1v) is 4.88. The maximum absolute atomic E-state index is 11.2. The van der Waals surface area contributed by atoms with Gasteiger partial charge in [-0.25, -0.2) is 4.79 Å². The highest BCUT2D eigenvalue weighted by Crippen LogP contribution is 2.18. The Balaban J connectivity index is 4.66. The molecule has 0 rings (SSSR count). The monoisotopic (exact) mass is 258 g/mol. The van der Waals surface area contributed by atoms with E-state index in [1.807, 2.05) is 0 Å². The molecule has 0 saturated carbocycles. The highest BCUT2D eigenvalue weighted by atomic mass is 16.5. The molecule has 100 valence electrons. The molecule has 0 aromatic carbocycles. The van der Waals surface area contributed by atoms with Gasteiger partial charge in [-0.3, -0.25) is 9.59 Å². The molecule has 7 nitrogen and oxygen atoms in total. The van der Waals surface area contributed by atoms with Crippen LogP contribution in [0.4, 0.5) is 0 Å². The van der Waals surface area contributed by atoms with Gasteiger partial charge in [0.2, 0.25) is 0 Å². The van der Waals surface area contributed by atoms with Gasteiger partial charge in [-0.2, -0.15) is 0 Å². The molecule has 0 aromatic rings. The van der Waals surface area contributed by atoms with Crippen LogP contribution in [0.2, 0.25) is 0 Å². The Bertz CT molecular complexity index is 360. The molecule has 1 atom stereocenters. The number of aliphatic hydroxyl groups is 1. The minimum atomic E-state index is -2.57. The van der Waals surface area contributed by atoms with Crippen LogP contribution >= 0.6 is 0 Å². The van der Waals surface area contributed by atoms with E-state index >= 15 is 0 Å². The lowest BCUT2D eigenvalue weighted by Crippen LogP contribution is -2.43. The van der Waals surface area contributed by atoms with Crippen LogP contribution in [0.5, 0.6) is 0 Å². The minimum Gasteiger partial charge on any atom is -0.479 e. The molecule has 0 bridgehead atoms. The second-order valence-corrected chi connectivity index (χ2v) is 3.32. The molecule has 18 heavy (non-hydrogen) atoms. The summed E-state index contributed by atoms with van der Waals surface area (Å²) in [6.45, 7) is 6.28. The van der Waals surface area contributed by atoms with Crippen molar-refractivity contribution in [3.8, 4) is 0 Å². The SMILES string of the molecule is C=CCOC(=O)CC(O)(CC(=O)OC=C)C(=O)O. The third-order valence-corrected chi connectivity index (χ3v) is 1.85. The lowest BCUT2D eigenvalue weighted by molar-refractivity contribution is -0.171. The second kappa shape index (κ2) is 7.23. The summed E-state index contributed by atoms with van der Waals surface area (Å²) in [5.41, 5.74) is -2.57. The Morgan fingerprint density at radius 1 is 1.17 bits per heavy atom. The fourth-order valence-corrected chi connectivity index (χ4v) is 1.03. The Kier molecular flexibility index (Phi) is 6.37. The number of esters is 2. The molecular formula is C11H14O7. The highest BCUT2D eigenvalue weighted by molar-refractivity contribution is 5.89. The molecule has 0 fully saturated rings. The number of carboxylic acids is 1. The maximum atomic E-state index is 11.2. The van der Waals surface area contributed by atoms with Crippen molar-refractivity contribution in [2.45, 2.75) is 18.4 Å². The van der Waals surface area contributed by atoms with Crippen molar-refractivity contribution in [2.75, 3.05) is 6.61 Å². The molecule has 1 unspecified atom stereocenters. The lowest BCUT2D eigenvalue weighted by atomic mass is 9.96. The summed E-state index contributed by atoms with van der Waals surface area (Å²) in [6, 6.07) is 0. The van der Waals surface area contributed by atoms with Crippen LogP contribution in [-0.2, 0) is 23.9 Å². The van der Waals surface area contributed by atoms with Crippen molar-refractivity contribution in [3.05, 3.63) is 25.5 Å². The van der Waals surface area contributed by atoms with E-state index in [1.54, 1.807) is 0 Å². The lowest BCUT2D eigenvalue weighted by Gasteiger charge is -2.20. The van der Waals surface area contributed by atoms with E-state index in [1.165, 1.54) is 6.08 Å². The summed E-state index contributed by atoms with van der Waals surface area (Å²) in [5, 5.41) is 18.5. The molecule has 0 aliphatic carbocycles. The van der Waals surface area contributed by atoms with Gasteiger partial charge in [0.05, 0.1) is 19.1 Å². The maximum Gasteiger partial charge on any atom is 0.336 e. The van der Waals surface area contributed by atoms with E-state index < -0.39 is 36.4 Å². The highest BCUT2D eigenvalue weighted by Gasteiger charge is 2.41. The average Bonchev–Trinajstić information content (AvgIpc) is 2.26. The van der Waals surface area contributed by atoms with Crippen molar-refractivity contribution in [1.82, 2.24) is 0 Å². The van der Waals surface area contributed by atoms with E-state index in [0.717, 1.165) is 6.26 Å². The van der Waals surface area contributed by atoms with E-state index in [-0.39, 0.29) is 6.61 Å². The summed E-state index contributed by atoms with van der Waals surface area (Å²) >= 11 is 0. The first kappa shape index (κ1) is 15.9. The number of rotatable bonds is 8. The number of hydrogen-bond donors (Lipinski definition) is 2. The summed E-state index contributed by atoms with van der Waals surface area (Å²) in [5.74, 6) is -3.71. The van der Waals surface area contributed by atoms with Crippen molar-refractivity contribution in [1.29, 1.82) is 0 Å². The normalized spacial score (nSPS) is 12.9. The summed E-state index contributed by atoms with van der Waals surface area (Å²) in [7, 11) is 0.